The van der Waals surface area contributed by atoms with E-state index in [9.17, 15) is 14.0 Å². The SMILES string of the molecule is CN(C)c1ccc([C@@H](CNC(=O)C(=O)NCc2ccc(F)cc2)N2CCCC2)cc1. The van der Waals surface area contributed by atoms with Gasteiger partial charge in [0.1, 0.15) is 5.82 Å². The number of hydrogen-bond acceptors (Lipinski definition) is 4. The maximum atomic E-state index is 13.0. The summed E-state index contributed by atoms with van der Waals surface area (Å²) in [4.78, 5) is 28.9. The van der Waals surface area contributed by atoms with Crippen LogP contribution in [0.15, 0.2) is 48.5 Å². The van der Waals surface area contributed by atoms with Crippen molar-refractivity contribution in [2.24, 2.45) is 0 Å². The topological polar surface area (TPSA) is 64.7 Å². The summed E-state index contributed by atoms with van der Waals surface area (Å²) in [5, 5.41) is 5.36. The van der Waals surface area contributed by atoms with Gasteiger partial charge in [0, 0.05) is 32.9 Å². The maximum absolute atomic E-state index is 13.0. The molecule has 1 aliphatic heterocycles. The molecule has 0 radical (unpaired) electrons. The molecule has 2 aromatic carbocycles. The molecule has 0 spiro atoms. The van der Waals surface area contributed by atoms with E-state index in [1.54, 1.807) is 12.1 Å². The number of anilines is 1. The van der Waals surface area contributed by atoms with Crippen LogP contribution in [-0.4, -0.2) is 50.4 Å². The highest BCUT2D eigenvalue weighted by Gasteiger charge is 2.25. The minimum Gasteiger partial charge on any atom is -0.378 e. The van der Waals surface area contributed by atoms with E-state index in [0.29, 0.717) is 6.54 Å². The number of halogens is 1. The Kier molecular flexibility index (Phi) is 7.41. The molecule has 2 aromatic rings. The van der Waals surface area contributed by atoms with Crippen LogP contribution >= 0.6 is 0 Å². The summed E-state index contributed by atoms with van der Waals surface area (Å²) < 4.78 is 13.0. The molecule has 1 heterocycles. The minimum atomic E-state index is -0.692. The lowest BCUT2D eigenvalue weighted by molar-refractivity contribution is -0.139. The highest BCUT2D eigenvalue weighted by Crippen LogP contribution is 2.26. The van der Waals surface area contributed by atoms with Crippen LogP contribution in [0.2, 0.25) is 0 Å². The first-order valence-corrected chi connectivity index (χ1v) is 10.3. The van der Waals surface area contributed by atoms with Crippen LogP contribution < -0.4 is 15.5 Å². The standard InChI is InChI=1S/C23H29FN4O2/c1-27(2)20-11-7-18(8-12-20)21(28-13-3-4-14-28)16-26-23(30)22(29)25-15-17-5-9-19(24)10-6-17/h5-12,21H,3-4,13-16H2,1-2H3,(H,25,29)(H,26,30)/t21-/m1/s1. The van der Waals surface area contributed by atoms with Gasteiger partial charge in [-0.05, 0) is 61.3 Å². The molecular formula is C23H29FN4O2. The van der Waals surface area contributed by atoms with Gasteiger partial charge in [0.2, 0.25) is 0 Å². The first kappa shape index (κ1) is 21.8. The van der Waals surface area contributed by atoms with Gasteiger partial charge in [-0.1, -0.05) is 24.3 Å². The minimum absolute atomic E-state index is 0.0255. The Balaban J connectivity index is 1.58. The molecule has 30 heavy (non-hydrogen) atoms. The molecule has 7 heteroatoms. The summed E-state index contributed by atoms with van der Waals surface area (Å²) in [5.74, 6) is -1.69. The second-order valence-electron chi connectivity index (χ2n) is 7.76. The monoisotopic (exact) mass is 412 g/mol. The van der Waals surface area contributed by atoms with Gasteiger partial charge in [-0.15, -0.1) is 0 Å². The number of likely N-dealkylation sites (tertiary alicyclic amines) is 1. The van der Waals surface area contributed by atoms with Gasteiger partial charge in [0.05, 0.1) is 6.04 Å². The molecule has 0 saturated carbocycles. The molecule has 0 aromatic heterocycles. The summed E-state index contributed by atoms with van der Waals surface area (Å²) in [5.41, 5.74) is 2.96. The summed E-state index contributed by atoms with van der Waals surface area (Å²) in [6.45, 7) is 2.50. The molecule has 1 fully saturated rings. The molecule has 6 nitrogen and oxygen atoms in total. The van der Waals surface area contributed by atoms with Gasteiger partial charge in [-0.2, -0.15) is 0 Å². The summed E-state index contributed by atoms with van der Waals surface area (Å²) in [7, 11) is 4.00. The third-order valence-corrected chi connectivity index (χ3v) is 5.40. The Hall–Kier alpha value is -2.93. The van der Waals surface area contributed by atoms with E-state index < -0.39 is 11.8 Å². The van der Waals surface area contributed by atoms with Crippen molar-refractivity contribution in [3.63, 3.8) is 0 Å². The lowest BCUT2D eigenvalue weighted by Gasteiger charge is -2.28. The first-order valence-electron chi connectivity index (χ1n) is 10.3. The molecule has 2 amide bonds. The second-order valence-corrected chi connectivity index (χ2v) is 7.76. The van der Waals surface area contributed by atoms with Gasteiger partial charge in [-0.25, -0.2) is 4.39 Å². The lowest BCUT2D eigenvalue weighted by Crippen LogP contribution is -2.43. The van der Waals surface area contributed by atoms with Crippen molar-refractivity contribution in [3.05, 3.63) is 65.5 Å². The van der Waals surface area contributed by atoms with E-state index in [1.165, 1.54) is 12.1 Å². The van der Waals surface area contributed by atoms with Gasteiger partial charge >= 0.3 is 11.8 Å². The van der Waals surface area contributed by atoms with Gasteiger partial charge in [0.25, 0.3) is 0 Å². The molecule has 3 rings (SSSR count). The molecule has 1 saturated heterocycles. The highest BCUT2D eigenvalue weighted by atomic mass is 19.1. The fourth-order valence-corrected chi connectivity index (χ4v) is 3.64. The number of carbonyl (C=O) groups excluding carboxylic acids is 2. The zero-order chi connectivity index (χ0) is 21.5. The van der Waals surface area contributed by atoms with Crippen LogP contribution in [0.3, 0.4) is 0 Å². The Morgan fingerprint density at radius 2 is 1.57 bits per heavy atom. The fraction of sp³-hybridized carbons (Fsp3) is 0.391. The summed E-state index contributed by atoms with van der Waals surface area (Å²) >= 11 is 0. The van der Waals surface area contributed by atoms with E-state index in [-0.39, 0.29) is 18.4 Å². The fourth-order valence-electron chi connectivity index (χ4n) is 3.64. The molecule has 160 valence electrons. The van der Waals surface area contributed by atoms with E-state index in [1.807, 2.05) is 19.0 Å². The molecular weight excluding hydrogens is 383 g/mol. The number of hydrogen-bond donors (Lipinski definition) is 2. The Bertz CT molecular complexity index is 847. The molecule has 0 unspecified atom stereocenters. The van der Waals surface area contributed by atoms with E-state index in [2.05, 4.69) is 39.8 Å². The van der Waals surface area contributed by atoms with E-state index in [4.69, 9.17) is 0 Å². The predicted molar refractivity (Wildman–Crippen MR) is 116 cm³/mol. The quantitative estimate of drug-likeness (QED) is 0.686. The zero-order valence-corrected chi connectivity index (χ0v) is 17.5. The summed E-state index contributed by atoms with van der Waals surface area (Å²) in [6, 6.07) is 14.1. The number of carbonyl (C=O) groups is 2. The van der Waals surface area contributed by atoms with Crippen molar-refractivity contribution in [1.29, 1.82) is 0 Å². The van der Waals surface area contributed by atoms with Gasteiger partial charge < -0.3 is 15.5 Å². The number of nitrogens with one attached hydrogen (secondary N) is 2. The second kappa shape index (κ2) is 10.2. The third kappa shape index (κ3) is 5.79. The van der Waals surface area contributed by atoms with Crippen molar-refractivity contribution in [2.75, 3.05) is 38.6 Å². The van der Waals surface area contributed by atoms with Gasteiger partial charge in [0.15, 0.2) is 0 Å². The van der Waals surface area contributed by atoms with Crippen molar-refractivity contribution in [1.82, 2.24) is 15.5 Å². The normalized spacial score (nSPS) is 14.9. The highest BCUT2D eigenvalue weighted by molar-refractivity contribution is 6.35. The van der Waals surface area contributed by atoms with E-state index >= 15 is 0 Å². The average Bonchev–Trinajstić information content (AvgIpc) is 3.28. The smallest absolute Gasteiger partial charge is 0.309 e. The predicted octanol–water partition coefficient (Wildman–Crippen LogP) is 2.46. The van der Waals surface area contributed by atoms with Crippen molar-refractivity contribution in [3.8, 4) is 0 Å². The Labute approximate surface area is 177 Å². The lowest BCUT2D eigenvalue weighted by atomic mass is 10.0. The largest absolute Gasteiger partial charge is 0.378 e. The van der Waals surface area contributed by atoms with Crippen molar-refractivity contribution >= 4 is 17.5 Å². The summed E-state index contributed by atoms with van der Waals surface area (Å²) in [6.07, 6.45) is 2.27. The zero-order valence-electron chi connectivity index (χ0n) is 17.5. The maximum Gasteiger partial charge on any atom is 0.309 e. The Morgan fingerprint density at radius 3 is 2.17 bits per heavy atom. The van der Waals surface area contributed by atoms with Crippen LogP contribution in [0, 0.1) is 5.82 Å². The number of rotatable bonds is 7. The molecule has 0 aliphatic carbocycles. The molecule has 1 atom stereocenters. The van der Waals surface area contributed by atoms with Crippen LogP contribution in [0.4, 0.5) is 10.1 Å². The number of benzene rings is 2. The van der Waals surface area contributed by atoms with Gasteiger partial charge in [-0.3, -0.25) is 14.5 Å². The van der Waals surface area contributed by atoms with Crippen LogP contribution in [0.25, 0.3) is 0 Å². The first-order chi connectivity index (χ1) is 14.4. The third-order valence-electron chi connectivity index (χ3n) is 5.40. The Morgan fingerprint density at radius 1 is 0.967 bits per heavy atom. The number of amides is 2. The molecule has 2 N–H and O–H groups in total. The molecule has 0 bridgehead atoms. The average molecular weight is 413 g/mol. The van der Waals surface area contributed by atoms with Crippen LogP contribution in [-0.2, 0) is 16.1 Å². The van der Waals surface area contributed by atoms with Crippen molar-refractivity contribution in [2.45, 2.75) is 25.4 Å². The van der Waals surface area contributed by atoms with Crippen LogP contribution in [0.1, 0.15) is 30.0 Å². The van der Waals surface area contributed by atoms with Crippen LogP contribution in [0.5, 0.6) is 0 Å². The molecule has 1 aliphatic rings. The van der Waals surface area contributed by atoms with E-state index in [0.717, 1.165) is 42.7 Å². The number of nitrogens with zero attached hydrogens (tertiary/aromatic N) is 2. The van der Waals surface area contributed by atoms with Crippen molar-refractivity contribution < 1.29 is 14.0 Å².